The molecule has 4 aromatic rings. The lowest BCUT2D eigenvalue weighted by molar-refractivity contribution is -0.116. The summed E-state index contributed by atoms with van der Waals surface area (Å²) in [6.45, 7) is 2.20. The van der Waals surface area contributed by atoms with Crippen LogP contribution in [-0.4, -0.2) is 18.9 Å². The average molecular weight is 423 g/mol. The number of aromatic nitrogens is 1. The highest BCUT2D eigenvalue weighted by atomic mass is 32.2. The van der Waals surface area contributed by atoms with Gasteiger partial charge in [0.25, 0.3) is 0 Å². The van der Waals surface area contributed by atoms with Gasteiger partial charge in [-0.2, -0.15) is 0 Å². The molecule has 0 fully saturated rings. The third-order valence-corrected chi connectivity index (χ3v) is 6.20. The van der Waals surface area contributed by atoms with Gasteiger partial charge in [0.2, 0.25) is 15.9 Å². The second kappa shape index (κ2) is 8.17. The summed E-state index contributed by atoms with van der Waals surface area (Å²) in [5.41, 5.74) is 2.52. The summed E-state index contributed by atoms with van der Waals surface area (Å²) in [7, 11) is -3.68. The van der Waals surface area contributed by atoms with Gasteiger partial charge in [-0.1, -0.05) is 18.2 Å². The Morgan fingerprint density at radius 2 is 1.80 bits per heavy atom. The second-order valence-electron chi connectivity index (χ2n) is 6.91. The van der Waals surface area contributed by atoms with Gasteiger partial charge >= 0.3 is 0 Å². The number of para-hydroxylation sites is 1. The van der Waals surface area contributed by atoms with Crippen LogP contribution in [0.3, 0.4) is 0 Å². The summed E-state index contributed by atoms with van der Waals surface area (Å²) in [5.74, 6) is 0.335. The first-order chi connectivity index (χ1) is 14.4. The van der Waals surface area contributed by atoms with E-state index < -0.39 is 10.0 Å². The molecule has 30 heavy (non-hydrogen) atoms. The number of aryl methyl sites for hydroxylation is 1. The van der Waals surface area contributed by atoms with Gasteiger partial charge in [0, 0.05) is 16.9 Å². The first-order valence-electron chi connectivity index (χ1n) is 9.39. The number of nitrogens with one attached hydrogen (secondary N) is 2. The van der Waals surface area contributed by atoms with E-state index in [4.69, 9.17) is 4.42 Å². The van der Waals surface area contributed by atoms with Gasteiger partial charge in [0.05, 0.1) is 17.7 Å². The molecule has 0 spiro atoms. The molecule has 0 radical (unpaired) electrons. The van der Waals surface area contributed by atoms with Crippen molar-refractivity contribution in [1.29, 1.82) is 0 Å². The van der Waals surface area contributed by atoms with Crippen molar-refractivity contribution in [2.24, 2.45) is 0 Å². The average Bonchev–Trinajstić information content (AvgIpc) is 3.35. The van der Waals surface area contributed by atoms with Crippen molar-refractivity contribution in [1.82, 2.24) is 9.29 Å². The first-order valence-corrected chi connectivity index (χ1v) is 10.9. The van der Waals surface area contributed by atoms with Crippen LogP contribution in [0.25, 0.3) is 10.9 Å². The molecule has 7 nitrogen and oxygen atoms in total. The van der Waals surface area contributed by atoms with Gasteiger partial charge in [-0.05, 0) is 60.8 Å². The number of furan rings is 1. The number of anilines is 1. The van der Waals surface area contributed by atoms with E-state index >= 15 is 0 Å². The number of sulfonamides is 1. The highest BCUT2D eigenvalue weighted by Crippen LogP contribution is 2.20. The molecule has 2 aromatic carbocycles. The number of fused-ring (bicyclic) bond motifs is 1. The van der Waals surface area contributed by atoms with E-state index in [0.29, 0.717) is 11.4 Å². The lowest BCUT2D eigenvalue weighted by Gasteiger charge is -2.10. The third kappa shape index (κ3) is 4.29. The molecule has 0 saturated heterocycles. The molecule has 154 valence electrons. The summed E-state index contributed by atoms with van der Waals surface area (Å²) >= 11 is 0. The first kappa shape index (κ1) is 19.9. The smallest absolute Gasteiger partial charge is 0.244 e. The molecule has 0 aliphatic carbocycles. The molecular formula is C22H21N3O4S. The minimum atomic E-state index is -3.68. The Kier molecular flexibility index (Phi) is 5.43. The van der Waals surface area contributed by atoms with E-state index in [0.717, 1.165) is 16.6 Å². The summed E-state index contributed by atoms with van der Waals surface area (Å²) in [6, 6.07) is 19.4. The van der Waals surface area contributed by atoms with Gasteiger partial charge in [0.1, 0.15) is 12.3 Å². The van der Waals surface area contributed by atoms with Crippen LogP contribution >= 0.6 is 0 Å². The lowest BCUT2D eigenvalue weighted by atomic mass is 10.2. The molecule has 2 aromatic heterocycles. The summed E-state index contributed by atoms with van der Waals surface area (Å²) < 4.78 is 34.3. The number of hydrogen-bond donors (Lipinski definition) is 2. The van der Waals surface area contributed by atoms with Crippen LogP contribution in [0.5, 0.6) is 0 Å². The molecule has 0 saturated carbocycles. The molecule has 2 heterocycles. The monoisotopic (exact) mass is 423 g/mol. The predicted octanol–water partition coefficient (Wildman–Crippen LogP) is 3.66. The Balaban J connectivity index is 1.41. The van der Waals surface area contributed by atoms with Crippen molar-refractivity contribution in [3.8, 4) is 0 Å². The summed E-state index contributed by atoms with van der Waals surface area (Å²) in [4.78, 5) is 12.6. The minimum absolute atomic E-state index is 0.0675. The normalized spacial score (nSPS) is 11.6. The molecule has 0 aliphatic rings. The fourth-order valence-electron chi connectivity index (χ4n) is 3.28. The third-order valence-electron chi connectivity index (χ3n) is 4.78. The van der Waals surface area contributed by atoms with Crippen molar-refractivity contribution < 1.29 is 17.6 Å². The fraction of sp³-hybridized carbons (Fsp3) is 0.136. The van der Waals surface area contributed by atoms with Gasteiger partial charge < -0.3 is 14.3 Å². The number of rotatable bonds is 7. The van der Waals surface area contributed by atoms with Crippen LogP contribution < -0.4 is 10.0 Å². The number of carbonyl (C=O) groups is 1. The number of amides is 1. The lowest BCUT2D eigenvalue weighted by Crippen LogP contribution is -2.23. The quantitative estimate of drug-likeness (QED) is 0.474. The Morgan fingerprint density at radius 3 is 2.53 bits per heavy atom. The van der Waals surface area contributed by atoms with Gasteiger partial charge in [-0.15, -0.1) is 0 Å². The SMILES string of the molecule is Cc1cc2ccccc2n1CC(=O)Nc1ccc(S(=O)(=O)NCc2ccco2)cc1. The molecule has 4 rings (SSSR count). The fourth-order valence-corrected chi connectivity index (χ4v) is 4.28. The Morgan fingerprint density at radius 1 is 1.03 bits per heavy atom. The van der Waals surface area contributed by atoms with Gasteiger partial charge in [-0.25, -0.2) is 13.1 Å². The zero-order chi connectivity index (χ0) is 21.1. The molecule has 0 bridgehead atoms. The van der Waals surface area contributed by atoms with E-state index in [-0.39, 0.29) is 23.9 Å². The summed E-state index contributed by atoms with van der Waals surface area (Å²) in [6.07, 6.45) is 1.49. The molecule has 0 atom stereocenters. The van der Waals surface area contributed by atoms with Crippen molar-refractivity contribution >= 4 is 32.5 Å². The van der Waals surface area contributed by atoms with Crippen molar-refractivity contribution in [2.75, 3.05) is 5.32 Å². The van der Waals surface area contributed by atoms with Crippen LogP contribution in [0.2, 0.25) is 0 Å². The van der Waals surface area contributed by atoms with E-state index in [1.165, 1.54) is 18.4 Å². The second-order valence-corrected chi connectivity index (χ2v) is 8.67. The molecule has 0 unspecified atom stereocenters. The Hall–Kier alpha value is -3.36. The van der Waals surface area contributed by atoms with Crippen molar-refractivity contribution in [2.45, 2.75) is 24.9 Å². The van der Waals surface area contributed by atoms with E-state index in [1.807, 2.05) is 41.8 Å². The highest BCUT2D eigenvalue weighted by molar-refractivity contribution is 7.89. The molecule has 8 heteroatoms. The topological polar surface area (TPSA) is 93.3 Å². The Bertz CT molecular complexity index is 1270. The van der Waals surface area contributed by atoms with Crippen LogP contribution in [0.4, 0.5) is 5.69 Å². The van der Waals surface area contributed by atoms with Crippen LogP contribution in [0.1, 0.15) is 11.5 Å². The number of carbonyl (C=O) groups excluding carboxylic acids is 1. The molecular weight excluding hydrogens is 402 g/mol. The minimum Gasteiger partial charge on any atom is -0.468 e. The number of nitrogens with zero attached hydrogens (tertiary/aromatic N) is 1. The molecule has 2 N–H and O–H groups in total. The van der Waals surface area contributed by atoms with E-state index in [2.05, 4.69) is 10.0 Å². The molecule has 1 amide bonds. The Labute approximate surface area is 174 Å². The number of hydrogen-bond acceptors (Lipinski definition) is 4. The van der Waals surface area contributed by atoms with E-state index in [9.17, 15) is 13.2 Å². The molecule has 0 aliphatic heterocycles. The van der Waals surface area contributed by atoms with Gasteiger partial charge in [0.15, 0.2) is 0 Å². The highest BCUT2D eigenvalue weighted by Gasteiger charge is 2.15. The van der Waals surface area contributed by atoms with Crippen LogP contribution in [0.15, 0.2) is 82.3 Å². The van der Waals surface area contributed by atoms with Crippen molar-refractivity contribution in [3.05, 3.63) is 84.4 Å². The maximum atomic E-state index is 12.5. The van der Waals surface area contributed by atoms with Crippen LogP contribution in [0, 0.1) is 6.92 Å². The van der Waals surface area contributed by atoms with Crippen molar-refractivity contribution in [3.63, 3.8) is 0 Å². The number of benzene rings is 2. The largest absolute Gasteiger partial charge is 0.468 e. The zero-order valence-electron chi connectivity index (χ0n) is 16.3. The standard InChI is InChI=1S/C22H21N3O4S/c1-16-13-17-5-2-3-7-21(17)25(16)15-22(26)24-18-8-10-20(11-9-18)30(27,28)23-14-19-6-4-12-29-19/h2-13,23H,14-15H2,1H3,(H,24,26). The maximum Gasteiger partial charge on any atom is 0.244 e. The zero-order valence-corrected chi connectivity index (χ0v) is 17.1. The maximum absolute atomic E-state index is 12.5. The van der Waals surface area contributed by atoms with Crippen LogP contribution in [-0.2, 0) is 27.9 Å². The van der Waals surface area contributed by atoms with Gasteiger partial charge in [-0.3, -0.25) is 4.79 Å². The summed E-state index contributed by atoms with van der Waals surface area (Å²) in [5, 5.41) is 3.90. The van der Waals surface area contributed by atoms with E-state index in [1.54, 1.807) is 24.3 Å². The predicted molar refractivity (Wildman–Crippen MR) is 114 cm³/mol.